The molecule has 1 aliphatic heterocycles. The summed E-state index contributed by atoms with van der Waals surface area (Å²) in [5.41, 5.74) is 2.59. The number of nitrogens with zero attached hydrogens (tertiary/aromatic N) is 3. The van der Waals surface area contributed by atoms with Crippen molar-refractivity contribution in [1.82, 2.24) is 19.8 Å². The van der Waals surface area contributed by atoms with Gasteiger partial charge in [-0.2, -0.15) is 0 Å². The van der Waals surface area contributed by atoms with E-state index in [1.54, 1.807) is 0 Å². The average molecular weight is 194 g/mol. The number of fused-ring (bicyclic) bond motifs is 1. The van der Waals surface area contributed by atoms with Gasteiger partial charge in [0.1, 0.15) is 5.82 Å². The van der Waals surface area contributed by atoms with Gasteiger partial charge in [-0.05, 0) is 21.0 Å². The van der Waals surface area contributed by atoms with Crippen molar-refractivity contribution in [2.24, 2.45) is 0 Å². The zero-order valence-electron chi connectivity index (χ0n) is 9.17. The standard InChI is InChI=1S/C10H18N4/c1-8-12-9(6-11-2)10-7-13(3)4-5-14(8)10/h11H,4-7H2,1-3H3. The van der Waals surface area contributed by atoms with Crippen LogP contribution in [0.5, 0.6) is 0 Å². The lowest BCUT2D eigenvalue weighted by atomic mass is 10.2. The lowest BCUT2D eigenvalue weighted by molar-refractivity contribution is 0.266. The Balaban J connectivity index is 2.34. The van der Waals surface area contributed by atoms with Gasteiger partial charge >= 0.3 is 0 Å². The lowest BCUT2D eigenvalue weighted by Crippen LogP contribution is -2.31. The van der Waals surface area contributed by atoms with Gasteiger partial charge in [0.25, 0.3) is 0 Å². The molecule has 4 heteroatoms. The second kappa shape index (κ2) is 3.71. The molecule has 1 N–H and O–H groups in total. The predicted molar refractivity (Wildman–Crippen MR) is 56.1 cm³/mol. The smallest absolute Gasteiger partial charge is 0.106 e. The summed E-state index contributed by atoms with van der Waals surface area (Å²) in [4.78, 5) is 6.93. The fourth-order valence-corrected chi connectivity index (χ4v) is 2.06. The Bertz CT molecular complexity index is 329. The Morgan fingerprint density at radius 2 is 2.21 bits per heavy atom. The monoisotopic (exact) mass is 194 g/mol. The molecule has 0 bridgehead atoms. The first kappa shape index (κ1) is 9.68. The Labute approximate surface area is 84.9 Å². The van der Waals surface area contributed by atoms with E-state index >= 15 is 0 Å². The molecule has 0 atom stereocenters. The number of aromatic nitrogens is 2. The molecule has 0 radical (unpaired) electrons. The molecular formula is C10H18N4. The maximum Gasteiger partial charge on any atom is 0.106 e. The maximum absolute atomic E-state index is 4.59. The Morgan fingerprint density at radius 3 is 2.93 bits per heavy atom. The first-order valence-corrected chi connectivity index (χ1v) is 5.10. The van der Waals surface area contributed by atoms with Gasteiger partial charge in [-0.3, -0.25) is 4.90 Å². The van der Waals surface area contributed by atoms with Gasteiger partial charge < -0.3 is 9.88 Å². The van der Waals surface area contributed by atoms with Gasteiger partial charge in [0.15, 0.2) is 0 Å². The molecule has 1 aromatic heterocycles. The number of likely N-dealkylation sites (N-methyl/N-ethyl adjacent to an activating group) is 1. The highest BCUT2D eigenvalue weighted by molar-refractivity contribution is 5.18. The molecule has 4 nitrogen and oxygen atoms in total. The molecule has 78 valence electrons. The molecular weight excluding hydrogens is 176 g/mol. The van der Waals surface area contributed by atoms with E-state index in [4.69, 9.17) is 0 Å². The quantitative estimate of drug-likeness (QED) is 0.738. The predicted octanol–water partition coefficient (Wildman–Crippen LogP) is 0.356. The van der Waals surface area contributed by atoms with Crippen LogP contribution in [0.4, 0.5) is 0 Å². The molecule has 0 unspecified atom stereocenters. The summed E-state index contributed by atoms with van der Waals surface area (Å²) in [6.07, 6.45) is 0. The third-order valence-corrected chi connectivity index (χ3v) is 2.82. The lowest BCUT2D eigenvalue weighted by Gasteiger charge is -2.25. The van der Waals surface area contributed by atoms with Crippen molar-refractivity contribution in [1.29, 1.82) is 0 Å². The largest absolute Gasteiger partial charge is 0.329 e. The Hall–Kier alpha value is -0.870. The molecule has 0 aliphatic carbocycles. The summed E-state index contributed by atoms with van der Waals surface area (Å²) >= 11 is 0. The van der Waals surface area contributed by atoms with Gasteiger partial charge in [0.05, 0.1) is 11.4 Å². The van der Waals surface area contributed by atoms with E-state index in [0.717, 1.165) is 32.0 Å². The Kier molecular flexibility index (Phi) is 2.56. The summed E-state index contributed by atoms with van der Waals surface area (Å²) < 4.78 is 2.34. The molecule has 0 fully saturated rings. The van der Waals surface area contributed by atoms with E-state index in [1.807, 2.05) is 7.05 Å². The summed E-state index contributed by atoms with van der Waals surface area (Å²) in [5, 5.41) is 3.17. The van der Waals surface area contributed by atoms with E-state index in [-0.39, 0.29) is 0 Å². The number of imidazole rings is 1. The Morgan fingerprint density at radius 1 is 1.43 bits per heavy atom. The van der Waals surface area contributed by atoms with Gasteiger partial charge in [-0.25, -0.2) is 4.98 Å². The van der Waals surface area contributed by atoms with Crippen molar-refractivity contribution in [2.75, 3.05) is 20.6 Å². The van der Waals surface area contributed by atoms with Crippen molar-refractivity contribution >= 4 is 0 Å². The highest BCUT2D eigenvalue weighted by Gasteiger charge is 2.19. The summed E-state index contributed by atoms with van der Waals surface area (Å²) in [5.74, 6) is 1.15. The zero-order chi connectivity index (χ0) is 10.1. The van der Waals surface area contributed by atoms with Crippen LogP contribution in [-0.2, 0) is 19.6 Å². The first-order valence-electron chi connectivity index (χ1n) is 5.10. The third kappa shape index (κ3) is 1.55. The molecule has 0 aromatic carbocycles. The highest BCUT2D eigenvalue weighted by Crippen LogP contribution is 2.17. The molecule has 1 aliphatic rings. The van der Waals surface area contributed by atoms with E-state index in [1.165, 1.54) is 11.4 Å². The first-order chi connectivity index (χ1) is 6.72. The number of hydrogen-bond donors (Lipinski definition) is 1. The van der Waals surface area contributed by atoms with Crippen LogP contribution in [0.3, 0.4) is 0 Å². The second-order valence-electron chi connectivity index (χ2n) is 3.97. The van der Waals surface area contributed by atoms with Crippen LogP contribution in [-0.4, -0.2) is 35.1 Å². The molecule has 0 amide bonds. The van der Waals surface area contributed by atoms with Gasteiger partial charge in [0.2, 0.25) is 0 Å². The number of rotatable bonds is 2. The third-order valence-electron chi connectivity index (χ3n) is 2.82. The molecule has 2 rings (SSSR count). The van der Waals surface area contributed by atoms with Gasteiger partial charge in [0, 0.05) is 26.2 Å². The van der Waals surface area contributed by atoms with Gasteiger partial charge in [-0.1, -0.05) is 0 Å². The van der Waals surface area contributed by atoms with Crippen LogP contribution in [0, 0.1) is 6.92 Å². The van der Waals surface area contributed by atoms with Crippen molar-refractivity contribution in [2.45, 2.75) is 26.6 Å². The topological polar surface area (TPSA) is 33.1 Å². The van der Waals surface area contributed by atoms with Crippen LogP contribution in [0.2, 0.25) is 0 Å². The second-order valence-corrected chi connectivity index (χ2v) is 3.97. The van der Waals surface area contributed by atoms with E-state index in [0.29, 0.717) is 0 Å². The molecule has 1 aromatic rings. The van der Waals surface area contributed by atoms with Crippen molar-refractivity contribution in [3.8, 4) is 0 Å². The molecule has 14 heavy (non-hydrogen) atoms. The van der Waals surface area contributed by atoms with Crippen LogP contribution < -0.4 is 5.32 Å². The highest BCUT2D eigenvalue weighted by atomic mass is 15.2. The number of aryl methyl sites for hydroxylation is 1. The van der Waals surface area contributed by atoms with Crippen molar-refractivity contribution < 1.29 is 0 Å². The fourth-order valence-electron chi connectivity index (χ4n) is 2.06. The minimum Gasteiger partial charge on any atom is -0.329 e. The summed E-state index contributed by atoms with van der Waals surface area (Å²) in [6.45, 7) is 6.19. The van der Waals surface area contributed by atoms with Crippen LogP contribution in [0.1, 0.15) is 17.2 Å². The van der Waals surface area contributed by atoms with Crippen molar-refractivity contribution in [3.05, 3.63) is 17.2 Å². The van der Waals surface area contributed by atoms with Crippen LogP contribution in [0.25, 0.3) is 0 Å². The van der Waals surface area contributed by atoms with Crippen LogP contribution >= 0.6 is 0 Å². The van der Waals surface area contributed by atoms with E-state index < -0.39 is 0 Å². The number of hydrogen-bond acceptors (Lipinski definition) is 3. The van der Waals surface area contributed by atoms with Crippen molar-refractivity contribution in [3.63, 3.8) is 0 Å². The average Bonchev–Trinajstić information content (AvgIpc) is 2.44. The fraction of sp³-hybridized carbons (Fsp3) is 0.700. The summed E-state index contributed by atoms with van der Waals surface area (Å²) in [6, 6.07) is 0. The molecule has 0 spiro atoms. The zero-order valence-corrected chi connectivity index (χ0v) is 9.17. The van der Waals surface area contributed by atoms with Gasteiger partial charge in [-0.15, -0.1) is 0 Å². The number of nitrogens with one attached hydrogen (secondary N) is 1. The van der Waals surface area contributed by atoms with E-state index in [9.17, 15) is 0 Å². The SMILES string of the molecule is CNCc1nc(C)n2c1CN(C)CC2. The minimum atomic E-state index is 0.872. The molecule has 0 saturated carbocycles. The van der Waals surface area contributed by atoms with Crippen LogP contribution in [0.15, 0.2) is 0 Å². The minimum absolute atomic E-state index is 0.872. The molecule has 2 heterocycles. The normalized spacial score (nSPS) is 17.1. The summed E-state index contributed by atoms with van der Waals surface area (Å²) in [7, 11) is 4.13. The maximum atomic E-state index is 4.59. The van der Waals surface area contributed by atoms with E-state index in [2.05, 4.69) is 33.7 Å². The molecule has 0 saturated heterocycles.